The number of hydrogen-bond donors (Lipinski definition) is 1. The van der Waals surface area contributed by atoms with Gasteiger partial charge in [-0.05, 0) is 36.8 Å². The van der Waals surface area contributed by atoms with Gasteiger partial charge in [0.1, 0.15) is 24.2 Å². The summed E-state index contributed by atoms with van der Waals surface area (Å²) < 4.78 is 11.9. The van der Waals surface area contributed by atoms with Crippen LogP contribution < -0.4 is 14.8 Å². The van der Waals surface area contributed by atoms with Gasteiger partial charge in [-0.3, -0.25) is 0 Å². The summed E-state index contributed by atoms with van der Waals surface area (Å²) in [5.74, 6) is 1.73. The van der Waals surface area contributed by atoms with E-state index in [1.165, 1.54) is 0 Å². The maximum absolute atomic E-state index is 5.97. The molecule has 0 spiro atoms. The molecule has 0 amide bonds. The standard InChI is InChI=1S/C22H23NO2/c1-18(25-20-12-6-3-7-13-20)16-23-21-14-8-9-15-22(21)24-17-19-10-4-2-5-11-19/h2-15,18,23H,16-17H2,1H3. The van der Waals surface area contributed by atoms with Crippen molar-refractivity contribution in [2.45, 2.75) is 19.6 Å². The first-order chi connectivity index (χ1) is 12.3. The third kappa shape index (κ3) is 5.28. The summed E-state index contributed by atoms with van der Waals surface area (Å²) in [5, 5.41) is 3.42. The molecule has 3 rings (SSSR count). The molecule has 3 aromatic rings. The van der Waals surface area contributed by atoms with Crippen LogP contribution in [0.25, 0.3) is 0 Å². The first-order valence-electron chi connectivity index (χ1n) is 8.52. The van der Waals surface area contributed by atoms with Crippen LogP contribution in [0.1, 0.15) is 12.5 Å². The molecule has 0 aromatic heterocycles. The lowest BCUT2D eigenvalue weighted by Gasteiger charge is -2.18. The van der Waals surface area contributed by atoms with Gasteiger partial charge in [0.15, 0.2) is 0 Å². The molecule has 0 radical (unpaired) electrons. The monoisotopic (exact) mass is 333 g/mol. The van der Waals surface area contributed by atoms with Crippen LogP contribution in [0.15, 0.2) is 84.9 Å². The lowest BCUT2D eigenvalue weighted by molar-refractivity contribution is 0.234. The minimum absolute atomic E-state index is 0.0459. The van der Waals surface area contributed by atoms with Crippen molar-refractivity contribution in [3.05, 3.63) is 90.5 Å². The van der Waals surface area contributed by atoms with Crippen molar-refractivity contribution in [1.82, 2.24) is 0 Å². The number of rotatable bonds is 8. The molecule has 1 unspecified atom stereocenters. The Labute approximate surface area is 149 Å². The Bertz CT molecular complexity index is 759. The quantitative estimate of drug-likeness (QED) is 0.619. The van der Waals surface area contributed by atoms with Crippen molar-refractivity contribution < 1.29 is 9.47 Å². The van der Waals surface area contributed by atoms with Crippen LogP contribution >= 0.6 is 0 Å². The first-order valence-corrected chi connectivity index (χ1v) is 8.52. The molecule has 0 saturated carbocycles. The Balaban J connectivity index is 1.55. The van der Waals surface area contributed by atoms with E-state index in [2.05, 4.69) is 17.4 Å². The van der Waals surface area contributed by atoms with Gasteiger partial charge >= 0.3 is 0 Å². The van der Waals surface area contributed by atoms with Gasteiger partial charge in [-0.15, -0.1) is 0 Å². The fourth-order valence-corrected chi connectivity index (χ4v) is 2.50. The SMILES string of the molecule is CC(CNc1ccccc1OCc1ccccc1)Oc1ccccc1. The Kier molecular flexibility index (Phi) is 5.94. The predicted molar refractivity (Wildman–Crippen MR) is 102 cm³/mol. The third-order valence-electron chi connectivity index (χ3n) is 3.78. The number of para-hydroxylation sites is 3. The second kappa shape index (κ2) is 8.78. The van der Waals surface area contributed by atoms with Crippen LogP contribution in [0.3, 0.4) is 0 Å². The molecule has 1 N–H and O–H groups in total. The summed E-state index contributed by atoms with van der Waals surface area (Å²) in [6, 6.07) is 28.0. The van der Waals surface area contributed by atoms with E-state index in [-0.39, 0.29) is 6.10 Å². The van der Waals surface area contributed by atoms with Crippen LogP contribution in [-0.2, 0) is 6.61 Å². The van der Waals surface area contributed by atoms with Crippen molar-refractivity contribution in [1.29, 1.82) is 0 Å². The zero-order valence-corrected chi connectivity index (χ0v) is 14.4. The van der Waals surface area contributed by atoms with Crippen LogP contribution in [0.2, 0.25) is 0 Å². The summed E-state index contributed by atoms with van der Waals surface area (Å²) in [6.45, 7) is 3.30. The van der Waals surface area contributed by atoms with E-state index in [9.17, 15) is 0 Å². The van der Waals surface area contributed by atoms with E-state index in [0.717, 1.165) is 22.7 Å². The fraction of sp³-hybridized carbons (Fsp3) is 0.182. The highest BCUT2D eigenvalue weighted by Crippen LogP contribution is 2.25. The van der Waals surface area contributed by atoms with Crippen molar-refractivity contribution in [2.24, 2.45) is 0 Å². The molecule has 3 nitrogen and oxygen atoms in total. The molecule has 0 saturated heterocycles. The molecule has 25 heavy (non-hydrogen) atoms. The summed E-state index contributed by atoms with van der Waals surface area (Å²) in [7, 11) is 0. The van der Waals surface area contributed by atoms with E-state index < -0.39 is 0 Å². The van der Waals surface area contributed by atoms with E-state index in [1.807, 2.05) is 79.7 Å². The van der Waals surface area contributed by atoms with Crippen LogP contribution in [0.5, 0.6) is 11.5 Å². The number of hydrogen-bond acceptors (Lipinski definition) is 3. The summed E-state index contributed by atoms with van der Waals surface area (Å²) in [5.41, 5.74) is 2.13. The smallest absolute Gasteiger partial charge is 0.142 e. The molecule has 0 bridgehead atoms. The van der Waals surface area contributed by atoms with Crippen LogP contribution in [0.4, 0.5) is 5.69 Å². The average molecular weight is 333 g/mol. The van der Waals surface area contributed by atoms with Gasteiger partial charge in [0.05, 0.1) is 12.2 Å². The van der Waals surface area contributed by atoms with Crippen molar-refractivity contribution in [3.8, 4) is 11.5 Å². The highest BCUT2D eigenvalue weighted by molar-refractivity contribution is 5.56. The molecule has 128 valence electrons. The van der Waals surface area contributed by atoms with Crippen molar-refractivity contribution >= 4 is 5.69 Å². The average Bonchev–Trinajstić information content (AvgIpc) is 2.67. The molecule has 3 heteroatoms. The van der Waals surface area contributed by atoms with Gasteiger partial charge < -0.3 is 14.8 Å². The van der Waals surface area contributed by atoms with Gasteiger partial charge in [0.2, 0.25) is 0 Å². The second-order valence-corrected chi connectivity index (χ2v) is 5.89. The Morgan fingerprint density at radius 1 is 0.800 bits per heavy atom. The van der Waals surface area contributed by atoms with E-state index in [1.54, 1.807) is 0 Å². The minimum atomic E-state index is 0.0459. The molecule has 0 heterocycles. The lowest BCUT2D eigenvalue weighted by atomic mass is 10.2. The molecule has 0 aliphatic rings. The molecule has 0 aliphatic carbocycles. The van der Waals surface area contributed by atoms with E-state index >= 15 is 0 Å². The van der Waals surface area contributed by atoms with Gasteiger partial charge in [-0.25, -0.2) is 0 Å². The van der Waals surface area contributed by atoms with Crippen LogP contribution in [-0.4, -0.2) is 12.6 Å². The number of benzene rings is 3. The topological polar surface area (TPSA) is 30.5 Å². The summed E-state index contributed by atoms with van der Waals surface area (Å²) >= 11 is 0. The van der Waals surface area contributed by atoms with Gasteiger partial charge in [0, 0.05) is 0 Å². The lowest BCUT2D eigenvalue weighted by Crippen LogP contribution is -2.22. The highest BCUT2D eigenvalue weighted by atomic mass is 16.5. The fourth-order valence-electron chi connectivity index (χ4n) is 2.50. The maximum Gasteiger partial charge on any atom is 0.142 e. The number of ether oxygens (including phenoxy) is 2. The number of anilines is 1. The van der Waals surface area contributed by atoms with Gasteiger partial charge in [-0.2, -0.15) is 0 Å². The molecule has 0 aliphatic heterocycles. The van der Waals surface area contributed by atoms with Gasteiger partial charge in [-0.1, -0.05) is 60.7 Å². The normalized spacial score (nSPS) is 11.6. The Hall–Kier alpha value is -2.94. The maximum atomic E-state index is 5.97. The first kappa shape index (κ1) is 16.9. The van der Waals surface area contributed by atoms with Crippen molar-refractivity contribution in [2.75, 3.05) is 11.9 Å². The van der Waals surface area contributed by atoms with Crippen LogP contribution in [0, 0.1) is 0 Å². The molecule has 1 atom stereocenters. The van der Waals surface area contributed by atoms with Gasteiger partial charge in [0.25, 0.3) is 0 Å². The zero-order chi connectivity index (χ0) is 17.3. The third-order valence-corrected chi connectivity index (χ3v) is 3.78. The largest absolute Gasteiger partial charge is 0.489 e. The summed E-state index contributed by atoms with van der Waals surface area (Å²) in [4.78, 5) is 0. The number of nitrogens with one attached hydrogen (secondary N) is 1. The zero-order valence-electron chi connectivity index (χ0n) is 14.4. The molecule has 0 fully saturated rings. The Morgan fingerprint density at radius 2 is 1.44 bits per heavy atom. The Morgan fingerprint density at radius 3 is 2.20 bits per heavy atom. The van der Waals surface area contributed by atoms with Crippen molar-refractivity contribution in [3.63, 3.8) is 0 Å². The predicted octanol–water partition coefficient (Wildman–Crippen LogP) is 5.15. The second-order valence-electron chi connectivity index (χ2n) is 5.89. The summed E-state index contributed by atoms with van der Waals surface area (Å²) in [6.07, 6.45) is 0.0459. The molecular formula is C22H23NO2. The highest BCUT2D eigenvalue weighted by Gasteiger charge is 2.07. The molecule has 3 aromatic carbocycles. The molecular weight excluding hydrogens is 310 g/mol. The van der Waals surface area contributed by atoms with E-state index in [4.69, 9.17) is 9.47 Å². The minimum Gasteiger partial charge on any atom is -0.489 e. The van der Waals surface area contributed by atoms with E-state index in [0.29, 0.717) is 13.2 Å².